The minimum Gasteiger partial charge on any atom is -0.335 e. The molecule has 172 valence electrons. The zero-order valence-electron chi connectivity index (χ0n) is 18.6. The molecule has 2 aromatic heterocycles. The summed E-state index contributed by atoms with van der Waals surface area (Å²) in [5, 5.41) is 5.71. The molecule has 0 bridgehead atoms. The van der Waals surface area contributed by atoms with Crippen molar-refractivity contribution >= 4 is 45.3 Å². The van der Waals surface area contributed by atoms with Crippen LogP contribution in [0.15, 0.2) is 40.3 Å². The molecule has 9 heteroatoms. The largest absolute Gasteiger partial charge is 0.335 e. The van der Waals surface area contributed by atoms with Crippen molar-refractivity contribution in [2.45, 2.75) is 62.4 Å². The lowest BCUT2D eigenvalue weighted by Gasteiger charge is -2.18. The second-order valence-corrected chi connectivity index (χ2v) is 11.3. The number of carbonyl (C=O) groups is 2. The molecule has 2 aliphatic rings. The molecule has 3 aromatic rings. The summed E-state index contributed by atoms with van der Waals surface area (Å²) in [4.78, 5) is 45.3. The van der Waals surface area contributed by atoms with E-state index < -0.39 is 17.2 Å². The molecule has 2 N–H and O–H groups in total. The highest BCUT2D eigenvalue weighted by atomic mass is 32.2. The molecule has 0 spiro atoms. The van der Waals surface area contributed by atoms with Crippen molar-refractivity contribution in [3.8, 4) is 5.69 Å². The van der Waals surface area contributed by atoms with Gasteiger partial charge >= 0.3 is 6.03 Å². The molecule has 2 heterocycles. The normalized spacial score (nSPS) is 18.5. The highest BCUT2D eigenvalue weighted by Gasteiger charge is 2.28. The van der Waals surface area contributed by atoms with Crippen LogP contribution >= 0.6 is 23.1 Å². The average molecular weight is 483 g/mol. The summed E-state index contributed by atoms with van der Waals surface area (Å²) in [6, 6.07) is 9.09. The van der Waals surface area contributed by atoms with Crippen molar-refractivity contribution in [1.82, 2.24) is 20.2 Å². The number of nitrogens with zero attached hydrogens (tertiary/aromatic N) is 2. The number of benzene rings is 1. The number of thiophene rings is 1. The van der Waals surface area contributed by atoms with Gasteiger partial charge in [-0.25, -0.2) is 9.78 Å². The monoisotopic (exact) mass is 482 g/mol. The van der Waals surface area contributed by atoms with E-state index in [9.17, 15) is 14.4 Å². The lowest BCUT2D eigenvalue weighted by molar-refractivity contribution is -0.119. The van der Waals surface area contributed by atoms with Crippen LogP contribution in [0, 0.1) is 5.92 Å². The van der Waals surface area contributed by atoms with Crippen LogP contribution in [0.1, 0.15) is 43.6 Å². The molecule has 5 rings (SSSR count). The minimum atomic E-state index is -0.608. The molecule has 0 radical (unpaired) electrons. The summed E-state index contributed by atoms with van der Waals surface area (Å²) in [7, 11) is 0. The quantitative estimate of drug-likeness (QED) is 0.423. The summed E-state index contributed by atoms with van der Waals surface area (Å²) in [5.74, 6) is 0.188. The molecule has 2 atom stereocenters. The van der Waals surface area contributed by atoms with E-state index in [-0.39, 0.29) is 11.6 Å². The Balaban J connectivity index is 1.52. The number of nitrogens with one attached hydrogen (secondary N) is 2. The average Bonchev–Trinajstić information content (AvgIpc) is 3.51. The van der Waals surface area contributed by atoms with Crippen LogP contribution in [0.2, 0.25) is 0 Å². The summed E-state index contributed by atoms with van der Waals surface area (Å²) in [6.07, 6.45) is 4.83. The molecular weight excluding hydrogens is 456 g/mol. The van der Waals surface area contributed by atoms with Crippen LogP contribution < -0.4 is 16.2 Å². The van der Waals surface area contributed by atoms with Gasteiger partial charge in [0, 0.05) is 10.9 Å². The van der Waals surface area contributed by atoms with Gasteiger partial charge in [-0.15, -0.1) is 11.3 Å². The molecule has 7 nitrogen and oxygen atoms in total. The standard InChI is InChI=1S/C24H26N4O3S2/c1-13-8-11-17-18(12-13)33-21-19(17)22(30)28(16-6-4-3-5-7-16)24(27-21)32-14(2)20(29)26-23(31)25-15-9-10-15/h3-7,13-15H,8-12H2,1-2H3,(H2,25,26,29,31). The van der Waals surface area contributed by atoms with Crippen molar-refractivity contribution in [2.75, 3.05) is 0 Å². The topological polar surface area (TPSA) is 93.1 Å². The smallest absolute Gasteiger partial charge is 0.321 e. The SMILES string of the molecule is CC1CCc2c(sc3nc(SC(C)C(=O)NC(=O)NC4CC4)n(-c4ccccc4)c(=O)c23)C1. The number of para-hydroxylation sites is 1. The summed E-state index contributed by atoms with van der Waals surface area (Å²) < 4.78 is 1.60. The molecule has 33 heavy (non-hydrogen) atoms. The van der Waals surface area contributed by atoms with Gasteiger partial charge in [0.2, 0.25) is 5.91 Å². The second-order valence-electron chi connectivity index (χ2n) is 8.90. The van der Waals surface area contributed by atoms with E-state index >= 15 is 0 Å². The van der Waals surface area contributed by atoms with Crippen LogP contribution in [0.5, 0.6) is 0 Å². The maximum atomic E-state index is 13.8. The number of imide groups is 1. The number of urea groups is 1. The zero-order valence-corrected chi connectivity index (χ0v) is 20.2. The first-order chi connectivity index (χ1) is 15.9. The van der Waals surface area contributed by atoms with Crippen LogP contribution in [-0.2, 0) is 17.6 Å². The molecule has 0 saturated heterocycles. The maximum absolute atomic E-state index is 13.8. The maximum Gasteiger partial charge on any atom is 0.321 e. The summed E-state index contributed by atoms with van der Waals surface area (Å²) in [6.45, 7) is 3.96. The van der Waals surface area contributed by atoms with Gasteiger partial charge in [-0.05, 0) is 62.6 Å². The number of rotatable bonds is 5. The molecule has 1 fully saturated rings. The first kappa shape index (κ1) is 22.2. The molecule has 0 aliphatic heterocycles. The van der Waals surface area contributed by atoms with Crippen LogP contribution in [0.25, 0.3) is 15.9 Å². The predicted molar refractivity (Wildman–Crippen MR) is 131 cm³/mol. The van der Waals surface area contributed by atoms with Gasteiger partial charge in [0.05, 0.1) is 16.3 Å². The third-order valence-corrected chi connectivity index (χ3v) is 8.31. The lowest BCUT2D eigenvalue weighted by atomic mass is 9.89. The Kier molecular flexibility index (Phi) is 6.01. The fourth-order valence-electron chi connectivity index (χ4n) is 4.13. The number of thioether (sulfide) groups is 1. The van der Waals surface area contributed by atoms with Crippen LogP contribution in [0.4, 0.5) is 4.79 Å². The Morgan fingerprint density at radius 3 is 2.70 bits per heavy atom. The Morgan fingerprint density at radius 1 is 1.21 bits per heavy atom. The van der Waals surface area contributed by atoms with Crippen molar-refractivity contribution < 1.29 is 9.59 Å². The zero-order chi connectivity index (χ0) is 23.1. The molecule has 1 aromatic carbocycles. The molecule has 2 aliphatic carbocycles. The van der Waals surface area contributed by atoms with E-state index in [4.69, 9.17) is 4.98 Å². The van der Waals surface area contributed by atoms with Crippen LogP contribution in [0.3, 0.4) is 0 Å². The van der Waals surface area contributed by atoms with E-state index in [1.54, 1.807) is 22.8 Å². The number of aromatic nitrogens is 2. The molecule has 3 amide bonds. The van der Waals surface area contributed by atoms with Gasteiger partial charge in [-0.3, -0.25) is 19.5 Å². The number of amides is 3. The van der Waals surface area contributed by atoms with Gasteiger partial charge in [0.15, 0.2) is 5.16 Å². The minimum absolute atomic E-state index is 0.0974. The predicted octanol–water partition coefficient (Wildman–Crippen LogP) is 4.04. The highest BCUT2D eigenvalue weighted by molar-refractivity contribution is 8.00. The van der Waals surface area contributed by atoms with Crippen LogP contribution in [-0.4, -0.2) is 32.8 Å². The van der Waals surface area contributed by atoms with Gasteiger partial charge in [0.25, 0.3) is 5.56 Å². The summed E-state index contributed by atoms with van der Waals surface area (Å²) >= 11 is 2.78. The fraction of sp³-hybridized carbons (Fsp3) is 0.417. The van der Waals surface area contributed by atoms with Crippen molar-refractivity contribution in [3.63, 3.8) is 0 Å². The molecule has 1 saturated carbocycles. The highest BCUT2D eigenvalue weighted by Crippen LogP contribution is 2.37. The fourth-order valence-corrected chi connectivity index (χ4v) is 6.48. The van der Waals surface area contributed by atoms with Crippen molar-refractivity contribution in [2.24, 2.45) is 5.92 Å². The number of hydrogen-bond donors (Lipinski definition) is 2. The van der Waals surface area contributed by atoms with E-state index in [2.05, 4.69) is 17.6 Å². The Labute approximate surface area is 200 Å². The molecule has 2 unspecified atom stereocenters. The van der Waals surface area contributed by atoms with Crippen molar-refractivity contribution in [1.29, 1.82) is 0 Å². The number of hydrogen-bond acceptors (Lipinski definition) is 6. The summed E-state index contributed by atoms with van der Waals surface area (Å²) in [5.41, 5.74) is 1.75. The Morgan fingerprint density at radius 2 is 1.97 bits per heavy atom. The van der Waals surface area contributed by atoms with Gasteiger partial charge in [0.1, 0.15) is 4.83 Å². The number of fused-ring (bicyclic) bond motifs is 3. The number of aryl methyl sites for hydroxylation is 1. The van der Waals surface area contributed by atoms with E-state index in [1.807, 2.05) is 30.3 Å². The third-order valence-electron chi connectivity index (χ3n) is 6.11. The van der Waals surface area contributed by atoms with E-state index in [0.717, 1.165) is 42.5 Å². The second kappa shape index (κ2) is 8.95. The van der Waals surface area contributed by atoms with E-state index in [1.165, 1.54) is 16.6 Å². The Bertz CT molecular complexity index is 1280. The lowest BCUT2D eigenvalue weighted by Crippen LogP contribution is -2.43. The van der Waals surface area contributed by atoms with Gasteiger partial charge in [-0.1, -0.05) is 36.9 Å². The first-order valence-electron chi connectivity index (χ1n) is 11.3. The van der Waals surface area contributed by atoms with Gasteiger partial charge < -0.3 is 5.32 Å². The third kappa shape index (κ3) is 4.56. The van der Waals surface area contributed by atoms with Crippen molar-refractivity contribution in [3.05, 3.63) is 51.1 Å². The van der Waals surface area contributed by atoms with E-state index in [0.29, 0.717) is 22.1 Å². The molecular formula is C24H26N4O3S2. The van der Waals surface area contributed by atoms with Gasteiger partial charge in [-0.2, -0.15) is 0 Å². The Hall–Kier alpha value is -2.65. The number of carbonyl (C=O) groups excluding carboxylic acids is 2. The first-order valence-corrected chi connectivity index (χ1v) is 13.0.